The zero-order valence-electron chi connectivity index (χ0n) is 22.3. The summed E-state index contributed by atoms with van der Waals surface area (Å²) in [4.78, 5) is 27.9. The summed E-state index contributed by atoms with van der Waals surface area (Å²) in [5.74, 6) is 0.239. The maximum atomic E-state index is 13.3. The highest BCUT2D eigenvalue weighted by Gasteiger charge is 2.46. The highest BCUT2D eigenvalue weighted by molar-refractivity contribution is 6.46. The van der Waals surface area contributed by atoms with Gasteiger partial charge in [-0.15, -0.1) is 0 Å². The van der Waals surface area contributed by atoms with Gasteiger partial charge in [-0.25, -0.2) is 0 Å². The number of aryl methyl sites for hydroxylation is 1. The van der Waals surface area contributed by atoms with Gasteiger partial charge in [0, 0.05) is 19.2 Å². The van der Waals surface area contributed by atoms with Crippen molar-refractivity contribution >= 4 is 17.4 Å². The molecule has 36 heavy (non-hydrogen) atoms. The first kappa shape index (κ1) is 27.3. The van der Waals surface area contributed by atoms with E-state index < -0.39 is 17.7 Å². The zero-order chi connectivity index (χ0) is 26.6. The first-order valence-electron chi connectivity index (χ1n) is 12.3. The van der Waals surface area contributed by atoms with Crippen molar-refractivity contribution in [1.29, 1.82) is 0 Å². The second-order valence-corrected chi connectivity index (χ2v) is 9.83. The van der Waals surface area contributed by atoms with E-state index in [9.17, 15) is 14.7 Å². The lowest BCUT2D eigenvalue weighted by molar-refractivity contribution is -0.140. The number of hydrogen-bond donors (Lipinski definition) is 1. The summed E-state index contributed by atoms with van der Waals surface area (Å²) in [5, 5.41) is 11.6. The number of hydrogen-bond acceptors (Lipinski definition) is 6. The number of carbonyl (C=O) groups excluding carboxylic acids is 2. The zero-order valence-corrected chi connectivity index (χ0v) is 22.3. The first-order chi connectivity index (χ1) is 17.1. The van der Waals surface area contributed by atoms with Crippen molar-refractivity contribution in [3.05, 3.63) is 64.2 Å². The van der Waals surface area contributed by atoms with Gasteiger partial charge in [0.1, 0.15) is 17.3 Å². The fourth-order valence-electron chi connectivity index (χ4n) is 4.41. The quantitative estimate of drug-likeness (QED) is 0.276. The highest BCUT2D eigenvalue weighted by Crippen LogP contribution is 2.42. The number of nitrogens with zero attached hydrogens (tertiary/aromatic N) is 1. The number of methoxy groups -OCH3 is 2. The van der Waals surface area contributed by atoms with Gasteiger partial charge in [-0.3, -0.25) is 9.59 Å². The summed E-state index contributed by atoms with van der Waals surface area (Å²) in [5.41, 5.74) is 2.88. The van der Waals surface area contributed by atoms with E-state index in [1.165, 1.54) is 4.90 Å². The predicted octanol–water partition coefficient (Wildman–Crippen LogP) is 5.23. The van der Waals surface area contributed by atoms with Crippen molar-refractivity contribution in [2.75, 3.05) is 34.0 Å². The minimum absolute atomic E-state index is 0.0556. The second-order valence-electron chi connectivity index (χ2n) is 9.83. The van der Waals surface area contributed by atoms with E-state index in [0.717, 1.165) is 11.1 Å². The summed E-state index contributed by atoms with van der Waals surface area (Å²) in [7, 11) is 3.15. The van der Waals surface area contributed by atoms with Gasteiger partial charge >= 0.3 is 0 Å². The van der Waals surface area contributed by atoms with E-state index >= 15 is 0 Å². The minimum Gasteiger partial charge on any atom is -0.507 e. The van der Waals surface area contributed by atoms with Gasteiger partial charge in [0.25, 0.3) is 11.7 Å². The number of aliphatic hydroxyl groups excluding tert-OH is 1. The van der Waals surface area contributed by atoms with Crippen LogP contribution in [0.4, 0.5) is 0 Å². The molecular formula is C29H37NO6. The molecule has 1 amide bonds. The molecule has 1 unspecified atom stereocenters. The van der Waals surface area contributed by atoms with Crippen LogP contribution in [0.15, 0.2) is 42.0 Å². The molecule has 1 aliphatic heterocycles. The monoisotopic (exact) mass is 495 g/mol. The molecule has 1 heterocycles. The molecule has 7 heteroatoms. The largest absolute Gasteiger partial charge is 0.507 e. The third-order valence-corrected chi connectivity index (χ3v) is 6.29. The van der Waals surface area contributed by atoms with Crippen LogP contribution in [0.5, 0.6) is 11.5 Å². The SMILES string of the molecule is COCCN1C(=O)C(=O)/C(=C(/O)c2cc(C(C)C)c(OC)cc2C)C1c1cccc(OCC(C)C)c1. The molecule has 1 atom stereocenters. The molecule has 1 aliphatic rings. The smallest absolute Gasteiger partial charge is 0.295 e. The summed E-state index contributed by atoms with van der Waals surface area (Å²) >= 11 is 0. The molecule has 194 valence electrons. The average Bonchev–Trinajstić information content (AvgIpc) is 3.10. The van der Waals surface area contributed by atoms with E-state index in [1.807, 2.05) is 57.2 Å². The van der Waals surface area contributed by atoms with Crippen LogP contribution in [0.1, 0.15) is 61.9 Å². The molecule has 0 aromatic heterocycles. The Kier molecular flexibility index (Phi) is 8.79. The highest BCUT2D eigenvalue weighted by atomic mass is 16.5. The Hall–Kier alpha value is -3.32. The molecule has 0 radical (unpaired) electrons. The Balaban J connectivity index is 2.20. The molecule has 3 rings (SSSR count). The molecule has 2 aromatic rings. The number of Topliss-reactive ketones (excluding diaryl/α,β-unsaturated/α-hetero) is 1. The predicted molar refractivity (Wildman–Crippen MR) is 139 cm³/mol. The third kappa shape index (κ3) is 5.57. The van der Waals surface area contributed by atoms with Gasteiger partial charge < -0.3 is 24.2 Å². The Labute approximate surface area is 213 Å². The molecule has 0 bridgehead atoms. The normalized spacial score (nSPS) is 17.4. The standard InChI is InChI=1S/C29H37NO6/c1-17(2)16-36-21-10-8-9-20(14-21)26-25(28(32)29(33)30(26)11-12-34-6)27(31)23-15-22(18(3)4)24(35-7)13-19(23)5/h8-10,13-15,17-18,26,31H,11-12,16H2,1-7H3/b27-25+. The lowest BCUT2D eigenvalue weighted by Gasteiger charge is -2.26. The van der Waals surface area contributed by atoms with Gasteiger partial charge in [-0.2, -0.15) is 0 Å². The molecule has 7 nitrogen and oxygen atoms in total. The number of carbonyl (C=O) groups is 2. The third-order valence-electron chi connectivity index (χ3n) is 6.29. The van der Waals surface area contributed by atoms with Gasteiger partial charge in [-0.05, 0) is 59.7 Å². The van der Waals surface area contributed by atoms with E-state index in [1.54, 1.807) is 14.2 Å². The summed E-state index contributed by atoms with van der Waals surface area (Å²) in [6.45, 7) is 11.0. The number of rotatable bonds is 10. The maximum Gasteiger partial charge on any atom is 0.295 e. The number of aliphatic hydroxyl groups is 1. The van der Waals surface area contributed by atoms with Crippen LogP contribution in [0, 0.1) is 12.8 Å². The Bertz CT molecular complexity index is 1150. The number of amides is 1. The van der Waals surface area contributed by atoms with Crippen LogP contribution in [-0.4, -0.2) is 55.7 Å². The minimum atomic E-state index is -0.772. The van der Waals surface area contributed by atoms with Crippen molar-refractivity contribution in [3.63, 3.8) is 0 Å². The van der Waals surface area contributed by atoms with Gasteiger partial charge in [0.05, 0.1) is 31.9 Å². The molecule has 1 saturated heterocycles. The Morgan fingerprint density at radius 2 is 1.81 bits per heavy atom. The summed E-state index contributed by atoms with van der Waals surface area (Å²) < 4.78 is 16.6. The lowest BCUT2D eigenvalue weighted by atomic mass is 9.91. The van der Waals surface area contributed by atoms with Crippen LogP contribution < -0.4 is 9.47 Å². The van der Waals surface area contributed by atoms with Gasteiger partial charge in [0.15, 0.2) is 0 Å². The number of benzene rings is 2. The van der Waals surface area contributed by atoms with Crippen molar-refractivity contribution in [1.82, 2.24) is 4.90 Å². The fraction of sp³-hybridized carbons (Fsp3) is 0.448. The first-order valence-corrected chi connectivity index (χ1v) is 12.3. The van der Waals surface area contributed by atoms with E-state index in [2.05, 4.69) is 13.8 Å². The summed E-state index contributed by atoms with van der Waals surface area (Å²) in [6.07, 6.45) is 0. The van der Waals surface area contributed by atoms with Crippen molar-refractivity contribution < 1.29 is 28.9 Å². The maximum absolute atomic E-state index is 13.3. The number of ether oxygens (including phenoxy) is 3. The van der Waals surface area contributed by atoms with Crippen LogP contribution in [0.25, 0.3) is 5.76 Å². The van der Waals surface area contributed by atoms with Crippen molar-refractivity contribution in [2.24, 2.45) is 5.92 Å². The second kappa shape index (κ2) is 11.6. The van der Waals surface area contributed by atoms with Crippen LogP contribution >= 0.6 is 0 Å². The Morgan fingerprint density at radius 3 is 2.42 bits per heavy atom. The molecule has 0 spiro atoms. The van der Waals surface area contributed by atoms with E-state index in [0.29, 0.717) is 35.2 Å². The van der Waals surface area contributed by atoms with Crippen molar-refractivity contribution in [3.8, 4) is 11.5 Å². The van der Waals surface area contributed by atoms with Crippen molar-refractivity contribution in [2.45, 2.75) is 46.6 Å². The molecule has 1 fully saturated rings. The Morgan fingerprint density at radius 1 is 1.08 bits per heavy atom. The van der Waals surface area contributed by atoms with Crippen LogP contribution in [-0.2, 0) is 14.3 Å². The fourth-order valence-corrected chi connectivity index (χ4v) is 4.41. The summed E-state index contributed by atoms with van der Waals surface area (Å²) in [6, 6.07) is 10.3. The average molecular weight is 496 g/mol. The molecular weight excluding hydrogens is 458 g/mol. The van der Waals surface area contributed by atoms with Crippen LogP contribution in [0.3, 0.4) is 0 Å². The molecule has 0 aliphatic carbocycles. The number of ketones is 1. The van der Waals surface area contributed by atoms with E-state index in [-0.39, 0.29) is 30.4 Å². The molecule has 2 aromatic carbocycles. The molecule has 1 N–H and O–H groups in total. The van der Waals surface area contributed by atoms with Crippen LogP contribution in [0.2, 0.25) is 0 Å². The van der Waals surface area contributed by atoms with Gasteiger partial charge in [-0.1, -0.05) is 39.8 Å². The number of likely N-dealkylation sites (tertiary alicyclic amines) is 1. The van der Waals surface area contributed by atoms with E-state index in [4.69, 9.17) is 14.2 Å². The lowest BCUT2D eigenvalue weighted by Crippen LogP contribution is -2.32. The topological polar surface area (TPSA) is 85.3 Å². The molecule has 0 saturated carbocycles. The van der Waals surface area contributed by atoms with Gasteiger partial charge in [0.2, 0.25) is 0 Å².